The van der Waals surface area contributed by atoms with Crippen LogP contribution < -0.4 is 5.32 Å². The van der Waals surface area contributed by atoms with Gasteiger partial charge < -0.3 is 14.8 Å². The predicted octanol–water partition coefficient (Wildman–Crippen LogP) is 2.77. The average Bonchev–Trinajstić information content (AvgIpc) is 2.83. The lowest BCUT2D eigenvalue weighted by molar-refractivity contribution is -0.0450. The number of likely N-dealkylation sites (N-methyl/N-ethyl adjacent to an activating group) is 1. The smallest absolute Gasteiger partial charge is 0.405 e. The minimum absolute atomic E-state index is 0.141. The van der Waals surface area contributed by atoms with E-state index < -0.39 is 6.09 Å². The van der Waals surface area contributed by atoms with Crippen molar-refractivity contribution >= 4 is 6.09 Å². The Morgan fingerprint density at radius 2 is 2.20 bits per heavy atom. The summed E-state index contributed by atoms with van der Waals surface area (Å²) >= 11 is 0. The number of piperidine rings is 2. The molecule has 5 heteroatoms. The van der Waals surface area contributed by atoms with Crippen LogP contribution in [0.2, 0.25) is 0 Å². The SMILES string of the molecule is Cc1ccc(C(NC(=O)O)C23CCC(CC2)CN3C)o1. The van der Waals surface area contributed by atoms with Gasteiger partial charge in [-0.2, -0.15) is 0 Å². The molecular formula is C15H22N2O3. The number of furan rings is 1. The van der Waals surface area contributed by atoms with E-state index in [4.69, 9.17) is 4.42 Å². The molecule has 20 heavy (non-hydrogen) atoms. The van der Waals surface area contributed by atoms with Crippen LogP contribution in [0.1, 0.15) is 43.2 Å². The molecular weight excluding hydrogens is 256 g/mol. The lowest BCUT2D eigenvalue weighted by Crippen LogP contribution is -2.62. The van der Waals surface area contributed by atoms with Gasteiger partial charge in [-0.15, -0.1) is 0 Å². The third-order valence-corrected chi connectivity index (χ3v) is 5.11. The average molecular weight is 278 g/mol. The van der Waals surface area contributed by atoms with Crippen LogP contribution in [-0.2, 0) is 0 Å². The third-order valence-electron chi connectivity index (χ3n) is 5.11. The molecule has 5 nitrogen and oxygen atoms in total. The number of nitrogens with zero attached hydrogens (tertiary/aromatic N) is 1. The second kappa shape index (κ2) is 4.81. The van der Waals surface area contributed by atoms with Gasteiger partial charge in [0.2, 0.25) is 0 Å². The summed E-state index contributed by atoms with van der Waals surface area (Å²) in [6, 6.07) is 3.51. The molecule has 1 aromatic rings. The molecule has 1 unspecified atom stereocenters. The van der Waals surface area contributed by atoms with E-state index in [0.29, 0.717) is 0 Å². The highest BCUT2D eigenvalue weighted by molar-refractivity contribution is 5.65. The highest BCUT2D eigenvalue weighted by atomic mass is 16.4. The van der Waals surface area contributed by atoms with Crippen LogP contribution in [0.25, 0.3) is 0 Å². The van der Waals surface area contributed by atoms with Crippen molar-refractivity contribution in [2.24, 2.45) is 5.92 Å². The zero-order chi connectivity index (χ0) is 14.3. The molecule has 0 radical (unpaired) electrons. The predicted molar refractivity (Wildman–Crippen MR) is 74.7 cm³/mol. The minimum Gasteiger partial charge on any atom is -0.465 e. The number of amides is 1. The van der Waals surface area contributed by atoms with Crippen LogP contribution in [0.15, 0.2) is 16.5 Å². The Bertz CT molecular complexity index is 503. The van der Waals surface area contributed by atoms with Crippen molar-refractivity contribution in [1.82, 2.24) is 10.2 Å². The second-order valence-corrected chi connectivity index (χ2v) is 6.26. The fraction of sp³-hybridized carbons (Fsp3) is 0.667. The van der Waals surface area contributed by atoms with Gasteiger partial charge in [0.1, 0.15) is 17.6 Å². The van der Waals surface area contributed by atoms with Gasteiger partial charge in [-0.05, 0) is 57.7 Å². The lowest BCUT2D eigenvalue weighted by atomic mass is 9.66. The minimum atomic E-state index is -0.987. The van der Waals surface area contributed by atoms with Gasteiger partial charge in [0.25, 0.3) is 0 Å². The second-order valence-electron chi connectivity index (χ2n) is 6.26. The maximum Gasteiger partial charge on any atom is 0.405 e. The van der Waals surface area contributed by atoms with Crippen molar-refractivity contribution in [2.45, 2.75) is 44.2 Å². The molecule has 1 aromatic heterocycles. The molecule has 2 bridgehead atoms. The fourth-order valence-electron chi connectivity index (χ4n) is 4.02. The molecule has 1 aliphatic carbocycles. The highest BCUT2D eigenvalue weighted by Gasteiger charge is 2.51. The molecule has 2 aliphatic heterocycles. The Hall–Kier alpha value is -1.49. The van der Waals surface area contributed by atoms with E-state index in [-0.39, 0.29) is 11.6 Å². The number of rotatable bonds is 3. The van der Waals surface area contributed by atoms with Gasteiger partial charge in [0, 0.05) is 12.1 Å². The van der Waals surface area contributed by atoms with E-state index in [9.17, 15) is 9.90 Å². The molecule has 2 saturated heterocycles. The van der Waals surface area contributed by atoms with Crippen LogP contribution in [0.3, 0.4) is 0 Å². The lowest BCUT2D eigenvalue weighted by Gasteiger charge is -2.56. The molecule has 3 heterocycles. The quantitative estimate of drug-likeness (QED) is 0.892. The number of nitrogens with one attached hydrogen (secondary N) is 1. The monoisotopic (exact) mass is 278 g/mol. The summed E-state index contributed by atoms with van der Waals surface area (Å²) in [6.07, 6.45) is 3.43. The highest BCUT2D eigenvalue weighted by Crippen LogP contribution is 2.49. The van der Waals surface area contributed by atoms with Crippen molar-refractivity contribution in [3.63, 3.8) is 0 Å². The first-order valence-electron chi connectivity index (χ1n) is 7.28. The van der Waals surface area contributed by atoms with Crippen molar-refractivity contribution in [3.8, 4) is 0 Å². The van der Waals surface area contributed by atoms with Crippen LogP contribution in [0.5, 0.6) is 0 Å². The van der Waals surface area contributed by atoms with Crippen molar-refractivity contribution in [1.29, 1.82) is 0 Å². The van der Waals surface area contributed by atoms with Gasteiger partial charge in [0.05, 0.1) is 0 Å². The van der Waals surface area contributed by atoms with Crippen molar-refractivity contribution in [2.75, 3.05) is 13.6 Å². The molecule has 1 amide bonds. The molecule has 1 atom stereocenters. The van der Waals surface area contributed by atoms with Gasteiger partial charge >= 0.3 is 6.09 Å². The van der Waals surface area contributed by atoms with Gasteiger partial charge in [-0.3, -0.25) is 4.90 Å². The number of fused-ring (bicyclic) bond motifs is 3. The maximum atomic E-state index is 11.2. The summed E-state index contributed by atoms with van der Waals surface area (Å²) in [5.74, 6) is 2.32. The summed E-state index contributed by atoms with van der Waals surface area (Å²) in [5.41, 5.74) is -0.141. The molecule has 3 fully saturated rings. The first-order valence-corrected chi connectivity index (χ1v) is 7.28. The van der Waals surface area contributed by atoms with Gasteiger partial charge in [0.15, 0.2) is 0 Å². The zero-order valence-electron chi connectivity index (χ0n) is 12.1. The van der Waals surface area contributed by atoms with Crippen LogP contribution in [0.4, 0.5) is 4.79 Å². The molecule has 0 aromatic carbocycles. The number of carboxylic acid groups (broad SMARTS) is 1. The van der Waals surface area contributed by atoms with E-state index in [1.807, 2.05) is 19.1 Å². The van der Waals surface area contributed by atoms with Crippen LogP contribution in [-0.4, -0.2) is 35.2 Å². The van der Waals surface area contributed by atoms with Crippen molar-refractivity contribution < 1.29 is 14.3 Å². The molecule has 4 rings (SSSR count). The zero-order valence-corrected chi connectivity index (χ0v) is 12.1. The van der Waals surface area contributed by atoms with Crippen LogP contribution in [0, 0.1) is 12.8 Å². The fourth-order valence-corrected chi connectivity index (χ4v) is 4.02. The Kier molecular flexibility index (Phi) is 3.24. The number of hydrogen-bond donors (Lipinski definition) is 2. The summed E-state index contributed by atoms with van der Waals surface area (Å²) in [4.78, 5) is 13.6. The molecule has 3 aliphatic rings. The Balaban J connectivity index is 1.97. The molecule has 1 saturated carbocycles. The molecule has 2 N–H and O–H groups in total. The Morgan fingerprint density at radius 1 is 1.50 bits per heavy atom. The standard InChI is InChI=1S/C15H22N2O3/c1-10-3-4-12(20-10)13(16-14(18)19)15-7-5-11(6-8-15)9-17(15)2/h3-4,11,13,16H,5-9H2,1-2H3,(H,18,19). The Morgan fingerprint density at radius 3 is 2.70 bits per heavy atom. The summed E-state index contributed by atoms with van der Waals surface area (Å²) < 4.78 is 5.74. The number of aryl methyl sites for hydroxylation is 1. The summed E-state index contributed by atoms with van der Waals surface area (Å²) in [6.45, 7) is 2.94. The van der Waals surface area contributed by atoms with Crippen LogP contribution >= 0.6 is 0 Å². The largest absolute Gasteiger partial charge is 0.465 e. The van der Waals surface area contributed by atoms with E-state index in [1.165, 1.54) is 12.8 Å². The molecule has 110 valence electrons. The topological polar surface area (TPSA) is 65.7 Å². The number of hydrogen-bond acceptors (Lipinski definition) is 3. The van der Waals surface area contributed by atoms with Crippen molar-refractivity contribution in [3.05, 3.63) is 23.7 Å². The number of carbonyl (C=O) groups is 1. The molecule has 0 spiro atoms. The van der Waals surface area contributed by atoms with E-state index >= 15 is 0 Å². The summed E-state index contributed by atoms with van der Waals surface area (Å²) in [5, 5.41) is 11.9. The van der Waals surface area contributed by atoms with E-state index in [1.54, 1.807) is 0 Å². The first kappa shape index (κ1) is 13.5. The van der Waals surface area contributed by atoms with Gasteiger partial charge in [-0.1, -0.05) is 0 Å². The van der Waals surface area contributed by atoms with Gasteiger partial charge in [-0.25, -0.2) is 4.79 Å². The van der Waals surface area contributed by atoms with E-state index in [2.05, 4.69) is 17.3 Å². The normalized spacial score (nSPS) is 31.2. The first-order chi connectivity index (χ1) is 9.51. The van der Waals surface area contributed by atoms with E-state index in [0.717, 1.165) is 36.8 Å². The summed E-state index contributed by atoms with van der Waals surface area (Å²) in [7, 11) is 2.11. The Labute approximate surface area is 118 Å². The third kappa shape index (κ3) is 2.10. The maximum absolute atomic E-state index is 11.2.